The quantitative estimate of drug-likeness (QED) is 0.828. The second-order valence-corrected chi connectivity index (χ2v) is 5.35. The molecular formula is C18H18N2. The Morgan fingerprint density at radius 1 is 1.00 bits per heavy atom. The van der Waals surface area contributed by atoms with Crippen LogP contribution in [0.5, 0.6) is 0 Å². The van der Waals surface area contributed by atoms with Crippen molar-refractivity contribution in [3.8, 4) is 6.07 Å². The summed E-state index contributed by atoms with van der Waals surface area (Å²) in [6.07, 6.45) is 2.35. The third-order valence-electron chi connectivity index (χ3n) is 3.96. The molecule has 0 saturated carbocycles. The largest absolute Gasteiger partial charge is 0.295 e. The number of hydrogen-bond acceptors (Lipinski definition) is 2. The van der Waals surface area contributed by atoms with Gasteiger partial charge in [-0.05, 0) is 42.1 Å². The lowest BCUT2D eigenvalue weighted by Gasteiger charge is -2.21. The van der Waals surface area contributed by atoms with Gasteiger partial charge >= 0.3 is 0 Å². The lowest BCUT2D eigenvalue weighted by molar-refractivity contribution is 0.261. The number of fused-ring (bicyclic) bond motifs is 1. The van der Waals surface area contributed by atoms with Gasteiger partial charge in [0.25, 0.3) is 0 Å². The van der Waals surface area contributed by atoms with Gasteiger partial charge in [0.1, 0.15) is 0 Å². The van der Waals surface area contributed by atoms with E-state index in [9.17, 15) is 5.26 Å². The zero-order chi connectivity index (χ0) is 13.8. The standard InChI is InChI=1S/C18H18N2/c19-12-16-7-2-4-9-18(16)14-20-11-5-10-15-6-1-3-8-17(15)13-20/h1-4,6-9H,5,10-11,13-14H2. The van der Waals surface area contributed by atoms with Crippen LogP contribution in [0.2, 0.25) is 0 Å². The molecule has 2 heteroatoms. The van der Waals surface area contributed by atoms with Gasteiger partial charge < -0.3 is 0 Å². The fraction of sp³-hybridized carbons (Fsp3) is 0.278. The molecule has 20 heavy (non-hydrogen) atoms. The molecule has 0 bridgehead atoms. The highest BCUT2D eigenvalue weighted by Crippen LogP contribution is 2.20. The molecule has 100 valence electrons. The summed E-state index contributed by atoms with van der Waals surface area (Å²) >= 11 is 0. The van der Waals surface area contributed by atoms with E-state index in [0.29, 0.717) is 0 Å². The Balaban J connectivity index is 1.80. The van der Waals surface area contributed by atoms with Gasteiger partial charge in [0, 0.05) is 13.1 Å². The molecule has 2 nitrogen and oxygen atoms in total. The summed E-state index contributed by atoms with van der Waals surface area (Å²) in [5.74, 6) is 0. The topological polar surface area (TPSA) is 27.0 Å². The van der Waals surface area contributed by atoms with Crippen molar-refractivity contribution >= 4 is 0 Å². The summed E-state index contributed by atoms with van der Waals surface area (Å²) < 4.78 is 0. The number of nitrogens with zero attached hydrogens (tertiary/aromatic N) is 2. The first-order chi connectivity index (χ1) is 9.86. The molecule has 2 aromatic carbocycles. The van der Waals surface area contributed by atoms with Gasteiger partial charge in [-0.3, -0.25) is 4.90 Å². The van der Waals surface area contributed by atoms with Gasteiger partial charge in [-0.2, -0.15) is 5.26 Å². The van der Waals surface area contributed by atoms with Gasteiger partial charge in [-0.1, -0.05) is 42.5 Å². The number of benzene rings is 2. The van der Waals surface area contributed by atoms with Crippen LogP contribution in [-0.4, -0.2) is 11.4 Å². The Labute approximate surface area is 120 Å². The molecule has 1 heterocycles. The molecule has 0 atom stereocenters. The molecule has 0 fully saturated rings. The van der Waals surface area contributed by atoms with Crippen LogP contribution < -0.4 is 0 Å². The Morgan fingerprint density at radius 2 is 1.75 bits per heavy atom. The highest BCUT2D eigenvalue weighted by atomic mass is 15.1. The van der Waals surface area contributed by atoms with Gasteiger partial charge in [0.2, 0.25) is 0 Å². The first-order valence-electron chi connectivity index (χ1n) is 7.14. The smallest absolute Gasteiger partial charge is 0.0995 e. The molecule has 0 radical (unpaired) electrons. The van der Waals surface area contributed by atoms with Crippen molar-refractivity contribution in [2.75, 3.05) is 6.54 Å². The van der Waals surface area contributed by atoms with Gasteiger partial charge in [0.15, 0.2) is 0 Å². The molecular weight excluding hydrogens is 244 g/mol. The van der Waals surface area contributed by atoms with Crippen LogP contribution in [0.25, 0.3) is 0 Å². The Morgan fingerprint density at radius 3 is 2.60 bits per heavy atom. The van der Waals surface area contributed by atoms with E-state index in [-0.39, 0.29) is 0 Å². The van der Waals surface area contributed by atoms with E-state index in [1.807, 2.05) is 18.2 Å². The molecule has 0 aromatic heterocycles. The minimum Gasteiger partial charge on any atom is -0.295 e. The van der Waals surface area contributed by atoms with E-state index in [0.717, 1.165) is 37.2 Å². The number of rotatable bonds is 2. The summed E-state index contributed by atoms with van der Waals surface area (Å²) in [5, 5.41) is 9.19. The zero-order valence-corrected chi connectivity index (χ0v) is 11.5. The molecule has 1 aliphatic rings. The maximum Gasteiger partial charge on any atom is 0.0995 e. The third kappa shape index (κ3) is 2.74. The van der Waals surface area contributed by atoms with E-state index < -0.39 is 0 Å². The molecule has 0 saturated heterocycles. The number of hydrogen-bond donors (Lipinski definition) is 0. The molecule has 0 spiro atoms. The average Bonchev–Trinajstić information content (AvgIpc) is 2.69. The summed E-state index contributed by atoms with van der Waals surface area (Å²) in [4.78, 5) is 2.45. The van der Waals surface area contributed by atoms with E-state index in [1.165, 1.54) is 17.5 Å². The van der Waals surface area contributed by atoms with Crippen LogP contribution in [-0.2, 0) is 19.5 Å². The van der Waals surface area contributed by atoms with Crippen molar-refractivity contribution in [1.29, 1.82) is 5.26 Å². The summed E-state index contributed by atoms with van der Waals surface area (Å²) in [6, 6.07) is 18.9. The highest BCUT2D eigenvalue weighted by molar-refractivity contribution is 5.37. The zero-order valence-electron chi connectivity index (χ0n) is 11.5. The first kappa shape index (κ1) is 12.9. The predicted molar refractivity (Wildman–Crippen MR) is 80.0 cm³/mol. The Hall–Kier alpha value is -2.11. The molecule has 2 aromatic rings. The monoisotopic (exact) mass is 262 g/mol. The molecule has 0 aliphatic carbocycles. The van der Waals surface area contributed by atoms with E-state index in [2.05, 4.69) is 41.3 Å². The Kier molecular flexibility index (Phi) is 3.80. The number of aryl methyl sites for hydroxylation is 1. The molecule has 1 aliphatic heterocycles. The van der Waals surface area contributed by atoms with Crippen molar-refractivity contribution in [1.82, 2.24) is 4.90 Å². The van der Waals surface area contributed by atoms with E-state index in [4.69, 9.17) is 0 Å². The summed E-state index contributed by atoms with van der Waals surface area (Å²) in [7, 11) is 0. The predicted octanol–water partition coefficient (Wildman–Crippen LogP) is 3.51. The molecule has 3 rings (SSSR count). The van der Waals surface area contributed by atoms with Crippen LogP contribution in [0.1, 0.15) is 28.7 Å². The maximum absolute atomic E-state index is 9.19. The Bertz CT molecular complexity index is 640. The van der Waals surface area contributed by atoms with Crippen LogP contribution in [0, 0.1) is 11.3 Å². The highest BCUT2D eigenvalue weighted by Gasteiger charge is 2.15. The minimum atomic E-state index is 0.796. The summed E-state index contributed by atoms with van der Waals surface area (Å²) in [6.45, 7) is 2.93. The molecule has 0 unspecified atom stereocenters. The number of nitriles is 1. The van der Waals surface area contributed by atoms with E-state index in [1.54, 1.807) is 0 Å². The fourth-order valence-electron chi connectivity index (χ4n) is 2.91. The minimum absolute atomic E-state index is 0.796. The van der Waals surface area contributed by atoms with Crippen molar-refractivity contribution in [2.45, 2.75) is 25.9 Å². The van der Waals surface area contributed by atoms with Crippen molar-refractivity contribution in [3.05, 3.63) is 70.8 Å². The second kappa shape index (κ2) is 5.90. The molecule has 0 N–H and O–H groups in total. The van der Waals surface area contributed by atoms with Crippen LogP contribution in [0.4, 0.5) is 0 Å². The van der Waals surface area contributed by atoms with Crippen LogP contribution in [0.15, 0.2) is 48.5 Å². The van der Waals surface area contributed by atoms with Gasteiger partial charge in [-0.15, -0.1) is 0 Å². The fourth-order valence-corrected chi connectivity index (χ4v) is 2.91. The van der Waals surface area contributed by atoms with Crippen molar-refractivity contribution in [2.24, 2.45) is 0 Å². The first-order valence-corrected chi connectivity index (χ1v) is 7.14. The SMILES string of the molecule is N#Cc1ccccc1CN1CCCc2ccccc2C1. The lowest BCUT2D eigenvalue weighted by atomic mass is 10.0. The lowest BCUT2D eigenvalue weighted by Crippen LogP contribution is -2.23. The van der Waals surface area contributed by atoms with Gasteiger partial charge in [0.05, 0.1) is 11.6 Å². The second-order valence-electron chi connectivity index (χ2n) is 5.35. The normalized spacial score (nSPS) is 15.2. The molecule has 0 amide bonds. The van der Waals surface area contributed by atoms with Gasteiger partial charge in [-0.25, -0.2) is 0 Å². The van der Waals surface area contributed by atoms with Crippen LogP contribution in [0.3, 0.4) is 0 Å². The third-order valence-corrected chi connectivity index (χ3v) is 3.96. The maximum atomic E-state index is 9.19. The van der Waals surface area contributed by atoms with Crippen molar-refractivity contribution < 1.29 is 0 Å². The average molecular weight is 262 g/mol. The van der Waals surface area contributed by atoms with Crippen LogP contribution >= 0.6 is 0 Å². The van der Waals surface area contributed by atoms with E-state index >= 15 is 0 Å². The van der Waals surface area contributed by atoms with Crippen molar-refractivity contribution in [3.63, 3.8) is 0 Å². The summed E-state index contributed by atoms with van der Waals surface area (Å²) in [5.41, 5.74) is 4.84.